The zero-order valence-corrected chi connectivity index (χ0v) is 14.1. The van der Waals surface area contributed by atoms with Gasteiger partial charge in [0.05, 0.1) is 24.2 Å². The normalized spacial score (nSPS) is 12.2. The van der Waals surface area contributed by atoms with Gasteiger partial charge in [-0.05, 0) is 37.6 Å². The molecule has 0 fully saturated rings. The van der Waals surface area contributed by atoms with Crippen molar-refractivity contribution in [2.24, 2.45) is 0 Å². The Bertz CT molecular complexity index is 988. The topological polar surface area (TPSA) is 56.7 Å². The van der Waals surface area contributed by atoms with E-state index in [1.807, 2.05) is 59.5 Å². The molecule has 4 aromatic rings. The van der Waals surface area contributed by atoms with Crippen molar-refractivity contribution in [1.82, 2.24) is 20.0 Å². The van der Waals surface area contributed by atoms with E-state index >= 15 is 0 Å². The average Bonchev–Trinajstić information content (AvgIpc) is 3.33. The van der Waals surface area contributed by atoms with Crippen LogP contribution in [0.3, 0.4) is 0 Å². The van der Waals surface area contributed by atoms with Crippen LogP contribution in [0.1, 0.15) is 24.2 Å². The van der Waals surface area contributed by atoms with Crippen molar-refractivity contribution in [3.05, 3.63) is 78.4 Å². The first-order chi connectivity index (χ1) is 12.2. The van der Waals surface area contributed by atoms with Crippen molar-refractivity contribution in [1.29, 1.82) is 0 Å². The van der Waals surface area contributed by atoms with E-state index in [2.05, 4.69) is 35.2 Å². The lowest BCUT2D eigenvalue weighted by Gasteiger charge is -2.12. The molecule has 0 N–H and O–H groups in total. The third-order valence-electron chi connectivity index (χ3n) is 4.34. The minimum Gasteiger partial charge on any atom is -0.464 e. The molecule has 1 atom stereocenters. The second-order valence-electron chi connectivity index (χ2n) is 5.99. The van der Waals surface area contributed by atoms with Gasteiger partial charge >= 0.3 is 0 Å². The van der Waals surface area contributed by atoms with Gasteiger partial charge in [-0.1, -0.05) is 35.5 Å². The first-order valence-corrected chi connectivity index (χ1v) is 8.20. The highest BCUT2D eigenvalue weighted by Crippen LogP contribution is 2.31. The fourth-order valence-electron chi connectivity index (χ4n) is 3.00. The van der Waals surface area contributed by atoms with Crippen LogP contribution in [0.15, 0.2) is 71.6 Å². The molecule has 0 saturated heterocycles. The predicted octanol–water partition coefficient (Wildman–Crippen LogP) is 4.52. The lowest BCUT2D eigenvalue weighted by atomic mass is 10.0. The van der Waals surface area contributed by atoms with Gasteiger partial charge < -0.3 is 4.42 Å². The largest absolute Gasteiger partial charge is 0.464 e. The Morgan fingerprint density at radius 1 is 1.00 bits per heavy atom. The minimum atomic E-state index is 0.0122. The molecule has 0 amide bonds. The van der Waals surface area contributed by atoms with Crippen molar-refractivity contribution >= 4 is 0 Å². The summed E-state index contributed by atoms with van der Waals surface area (Å²) in [5.74, 6) is 0.818. The Labute approximate surface area is 146 Å². The van der Waals surface area contributed by atoms with Gasteiger partial charge in [0.15, 0.2) is 0 Å². The predicted molar refractivity (Wildman–Crippen MR) is 95.9 cm³/mol. The van der Waals surface area contributed by atoms with Crippen LogP contribution in [0.25, 0.3) is 22.6 Å². The lowest BCUT2D eigenvalue weighted by molar-refractivity contribution is 0.529. The molecule has 0 aliphatic carbocycles. The Kier molecular flexibility index (Phi) is 3.90. The highest BCUT2D eigenvalue weighted by molar-refractivity contribution is 5.78. The number of rotatable bonds is 4. The van der Waals surface area contributed by atoms with Gasteiger partial charge in [-0.3, -0.25) is 4.98 Å². The second kappa shape index (κ2) is 6.36. The molecule has 0 radical (unpaired) electrons. The van der Waals surface area contributed by atoms with Gasteiger partial charge in [-0.15, -0.1) is 5.10 Å². The molecule has 124 valence electrons. The van der Waals surface area contributed by atoms with Gasteiger partial charge in [0.2, 0.25) is 0 Å². The molecule has 0 bridgehead atoms. The highest BCUT2D eigenvalue weighted by Gasteiger charge is 2.16. The molecule has 4 rings (SSSR count). The van der Waals surface area contributed by atoms with Crippen LogP contribution in [0, 0.1) is 6.92 Å². The van der Waals surface area contributed by atoms with Crippen molar-refractivity contribution in [3.8, 4) is 22.6 Å². The summed E-state index contributed by atoms with van der Waals surface area (Å²) in [7, 11) is 0. The van der Waals surface area contributed by atoms with Crippen LogP contribution in [0.5, 0.6) is 0 Å². The van der Waals surface area contributed by atoms with Crippen molar-refractivity contribution in [2.75, 3.05) is 0 Å². The summed E-state index contributed by atoms with van der Waals surface area (Å²) >= 11 is 0. The van der Waals surface area contributed by atoms with E-state index in [4.69, 9.17) is 4.42 Å². The van der Waals surface area contributed by atoms with Gasteiger partial charge in [-0.25, -0.2) is 4.68 Å². The van der Waals surface area contributed by atoms with E-state index < -0.39 is 0 Å². The van der Waals surface area contributed by atoms with E-state index in [0.717, 1.165) is 33.8 Å². The van der Waals surface area contributed by atoms with E-state index in [0.29, 0.717) is 0 Å². The number of furan rings is 1. The highest BCUT2D eigenvalue weighted by atomic mass is 16.3. The van der Waals surface area contributed by atoms with Gasteiger partial charge in [0.25, 0.3) is 0 Å². The first-order valence-electron chi connectivity index (χ1n) is 8.20. The van der Waals surface area contributed by atoms with Crippen LogP contribution < -0.4 is 0 Å². The number of aryl methyl sites for hydroxylation is 1. The Morgan fingerprint density at radius 2 is 1.84 bits per heavy atom. The van der Waals surface area contributed by atoms with E-state index in [1.165, 1.54) is 0 Å². The maximum Gasteiger partial charge on any atom is 0.134 e. The summed E-state index contributed by atoms with van der Waals surface area (Å²) in [6.45, 7) is 4.13. The number of benzene rings is 1. The van der Waals surface area contributed by atoms with Crippen LogP contribution in [-0.4, -0.2) is 20.0 Å². The zero-order valence-electron chi connectivity index (χ0n) is 14.1. The summed E-state index contributed by atoms with van der Waals surface area (Å²) in [4.78, 5) is 4.49. The molecular formula is C20H18N4O. The summed E-state index contributed by atoms with van der Waals surface area (Å²) in [5.41, 5.74) is 4.95. The maximum atomic E-state index is 5.56. The quantitative estimate of drug-likeness (QED) is 0.552. The summed E-state index contributed by atoms with van der Waals surface area (Å²) in [6, 6.07) is 15.9. The van der Waals surface area contributed by atoms with Gasteiger partial charge in [0, 0.05) is 17.3 Å². The molecule has 0 unspecified atom stereocenters. The summed E-state index contributed by atoms with van der Waals surface area (Å²) in [6.07, 6.45) is 5.44. The van der Waals surface area contributed by atoms with E-state index in [-0.39, 0.29) is 6.04 Å². The number of hydrogen-bond acceptors (Lipinski definition) is 4. The molecule has 1 aromatic carbocycles. The van der Waals surface area contributed by atoms with Crippen LogP contribution >= 0.6 is 0 Å². The Hall–Kier alpha value is -3.21. The number of hydrogen-bond donors (Lipinski definition) is 0. The standard InChI is InChI=1S/C20H18N4O/c1-14-7-5-11-21-20(14)15(2)24-13-18(22-23-24)16-8-3-4-9-17(16)19-10-6-12-25-19/h3-13,15H,1-2H3/t15-/m0/s1. The lowest BCUT2D eigenvalue weighted by Crippen LogP contribution is -2.10. The number of aromatic nitrogens is 4. The zero-order chi connectivity index (χ0) is 17.2. The summed E-state index contributed by atoms with van der Waals surface area (Å²) < 4.78 is 7.41. The fraction of sp³-hybridized carbons (Fsp3) is 0.150. The van der Waals surface area contributed by atoms with Crippen molar-refractivity contribution < 1.29 is 4.42 Å². The summed E-state index contributed by atoms with van der Waals surface area (Å²) in [5, 5.41) is 8.71. The van der Waals surface area contributed by atoms with E-state index in [9.17, 15) is 0 Å². The van der Waals surface area contributed by atoms with Crippen LogP contribution in [-0.2, 0) is 0 Å². The molecule has 5 heteroatoms. The number of pyridine rings is 1. The van der Waals surface area contributed by atoms with Gasteiger partial charge in [-0.2, -0.15) is 0 Å². The SMILES string of the molecule is Cc1cccnc1[C@H](C)n1cc(-c2ccccc2-c2ccco2)nn1. The third kappa shape index (κ3) is 2.85. The first kappa shape index (κ1) is 15.3. The molecular weight excluding hydrogens is 312 g/mol. The van der Waals surface area contributed by atoms with Crippen molar-refractivity contribution in [2.45, 2.75) is 19.9 Å². The monoisotopic (exact) mass is 330 g/mol. The molecule has 25 heavy (non-hydrogen) atoms. The molecule has 5 nitrogen and oxygen atoms in total. The average molecular weight is 330 g/mol. The Balaban J connectivity index is 1.73. The molecule has 0 aliphatic heterocycles. The molecule has 0 spiro atoms. The van der Waals surface area contributed by atoms with Gasteiger partial charge in [0.1, 0.15) is 11.5 Å². The molecule has 0 saturated carbocycles. The van der Waals surface area contributed by atoms with Crippen LogP contribution in [0.4, 0.5) is 0 Å². The van der Waals surface area contributed by atoms with E-state index in [1.54, 1.807) is 6.26 Å². The molecule has 3 aromatic heterocycles. The maximum absolute atomic E-state index is 5.56. The third-order valence-corrected chi connectivity index (χ3v) is 4.34. The second-order valence-corrected chi connectivity index (χ2v) is 5.99. The fourth-order valence-corrected chi connectivity index (χ4v) is 3.00. The minimum absolute atomic E-state index is 0.0122. The molecule has 0 aliphatic rings. The molecule has 3 heterocycles. The van der Waals surface area contributed by atoms with Crippen LogP contribution in [0.2, 0.25) is 0 Å². The van der Waals surface area contributed by atoms with Crippen molar-refractivity contribution in [3.63, 3.8) is 0 Å². The Morgan fingerprint density at radius 3 is 2.60 bits per heavy atom. The number of nitrogens with zero attached hydrogens (tertiary/aromatic N) is 4. The smallest absolute Gasteiger partial charge is 0.134 e.